The monoisotopic (exact) mass is 287 g/mol. The fraction of sp³-hybridized carbons (Fsp3) is 0.188. The number of fused-ring (bicyclic) bond motifs is 2. The second kappa shape index (κ2) is 4.84. The van der Waals surface area contributed by atoms with Gasteiger partial charge in [-0.15, -0.1) is 0 Å². The van der Waals surface area contributed by atoms with E-state index in [-0.39, 0.29) is 0 Å². The highest BCUT2D eigenvalue weighted by Gasteiger charge is 2.12. The Morgan fingerprint density at radius 2 is 1.55 bits per heavy atom. The number of aromatic nitrogens is 1. The van der Waals surface area contributed by atoms with Gasteiger partial charge in [-0.3, -0.25) is 0 Å². The van der Waals surface area contributed by atoms with Gasteiger partial charge in [0.15, 0.2) is 11.5 Å². The van der Waals surface area contributed by atoms with Crippen LogP contribution in [-0.2, 0) is 0 Å². The van der Waals surface area contributed by atoms with E-state index >= 15 is 0 Å². The molecule has 0 unspecified atom stereocenters. The maximum Gasteiger partial charge on any atom is 0.162 e. The Kier molecular flexibility index (Phi) is 3.14. The highest BCUT2D eigenvalue weighted by molar-refractivity contribution is 6.40. The maximum absolute atomic E-state index is 6.51. The first-order valence-electron chi connectivity index (χ1n) is 6.25. The van der Waals surface area contributed by atoms with E-state index in [9.17, 15) is 0 Å². The SMILES string of the molecule is COc1cc2nc3cc(C)ccc3c(Cl)c2cc1OC. The van der Waals surface area contributed by atoms with Gasteiger partial charge < -0.3 is 9.47 Å². The van der Waals surface area contributed by atoms with Crippen LogP contribution in [0, 0.1) is 6.92 Å². The number of nitrogens with zero attached hydrogens (tertiary/aromatic N) is 1. The lowest BCUT2D eigenvalue weighted by Gasteiger charge is -2.11. The first-order valence-corrected chi connectivity index (χ1v) is 6.63. The van der Waals surface area contributed by atoms with Gasteiger partial charge in [0.1, 0.15) is 0 Å². The van der Waals surface area contributed by atoms with Crippen LogP contribution in [0.15, 0.2) is 30.3 Å². The predicted octanol–water partition coefficient (Wildman–Crippen LogP) is 4.37. The van der Waals surface area contributed by atoms with Gasteiger partial charge in [-0.1, -0.05) is 23.7 Å². The average molecular weight is 288 g/mol. The molecule has 0 N–H and O–H groups in total. The van der Waals surface area contributed by atoms with Crippen LogP contribution in [0.2, 0.25) is 5.02 Å². The molecule has 0 radical (unpaired) electrons. The molecule has 3 rings (SSSR count). The van der Waals surface area contributed by atoms with Gasteiger partial charge in [0.25, 0.3) is 0 Å². The summed E-state index contributed by atoms with van der Waals surface area (Å²) in [5, 5.41) is 2.49. The van der Waals surface area contributed by atoms with E-state index in [2.05, 4.69) is 4.98 Å². The zero-order valence-corrected chi connectivity index (χ0v) is 12.3. The van der Waals surface area contributed by atoms with Crippen molar-refractivity contribution in [3.8, 4) is 11.5 Å². The molecule has 0 fully saturated rings. The number of hydrogen-bond donors (Lipinski definition) is 0. The lowest BCUT2D eigenvalue weighted by Crippen LogP contribution is -1.93. The van der Waals surface area contributed by atoms with Crippen molar-refractivity contribution in [3.63, 3.8) is 0 Å². The summed E-state index contributed by atoms with van der Waals surface area (Å²) in [6.45, 7) is 2.04. The quantitative estimate of drug-likeness (QED) is 0.656. The van der Waals surface area contributed by atoms with E-state index < -0.39 is 0 Å². The Morgan fingerprint density at radius 1 is 0.900 bits per heavy atom. The van der Waals surface area contributed by atoms with Crippen molar-refractivity contribution in [2.45, 2.75) is 6.92 Å². The van der Waals surface area contributed by atoms with E-state index in [0.29, 0.717) is 16.5 Å². The molecule has 20 heavy (non-hydrogen) atoms. The van der Waals surface area contributed by atoms with Crippen molar-refractivity contribution in [2.24, 2.45) is 0 Å². The van der Waals surface area contributed by atoms with Crippen molar-refractivity contribution in [1.82, 2.24) is 4.98 Å². The van der Waals surface area contributed by atoms with E-state index in [1.807, 2.05) is 37.3 Å². The number of aryl methyl sites for hydroxylation is 1. The summed E-state index contributed by atoms with van der Waals surface area (Å²) in [5.74, 6) is 1.30. The zero-order valence-electron chi connectivity index (χ0n) is 11.5. The summed E-state index contributed by atoms with van der Waals surface area (Å²) in [7, 11) is 3.21. The smallest absolute Gasteiger partial charge is 0.162 e. The minimum absolute atomic E-state index is 0.648. The molecular weight excluding hydrogens is 274 g/mol. The highest BCUT2D eigenvalue weighted by Crippen LogP contribution is 2.37. The van der Waals surface area contributed by atoms with Crippen molar-refractivity contribution in [3.05, 3.63) is 40.9 Å². The lowest BCUT2D eigenvalue weighted by molar-refractivity contribution is 0.356. The lowest BCUT2D eigenvalue weighted by atomic mass is 10.1. The van der Waals surface area contributed by atoms with Gasteiger partial charge in [0.05, 0.1) is 30.3 Å². The van der Waals surface area contributed by atoms with Crippen LogP contribution in [0.1, 0.15) is 5.56 Å². The van der Waals surface area contributed by atoms with Crippen molar-refractivity contribution in [1.29, 1.82) is 0 Å². The average Bonchev–Trinajstić information content (AvgIpc) is 2.46. The number of pyridine rings is 1. The van der Waals surface area contributed by atoms with Gasteiger partial charge in [0, 0.05) is 16.8 Å². The molecule has 4 heteroatoms. The summed E-state index contributed by atoms with van der Waals surface area (Å²) >= 11 is 6.51. The summed E-state index contributed by atoms with van der Waals surface area (Å²) in [6, 6.07) is 9.76. The third-order valence-electron chi connectivity index (χ3n) is 3.37. The Balaban J connectivity index is 2.43. The van der Waals surface area contributed by atoms with E-state index in [0.717, 1.165) is 27.4 Å². The van der Waals surface area contributed by atoms with Crippen molar-refractivity contribution < 1.29 is 9.47 Å². The molecule has 0 aliphatic rings. The molecule has 1 aromatic heterocycles. The minimum Gasteiger partial charge on any atom is -0.493 e. The molecule has 0 amide bonds. The van der Waals surface area contributed by atoms with Crippen LogP contribution in [0.3, 0.4) is 0 Å². The number of benzene rings is 2. The van der Waals surface area contributed by atoms with Gasteiger partial charge in [-0.25, -0.2) is 4.98 Å². The Morgan fingerprint density at radius 3 is 2.25 bits per heavy atom. The normalized spacial score (nSPS) is 11.0. The van der Waals surface area contributed by atoms with Gasteiger partial charge in [-0.2, -0.15) is 0 Å². The zero-order chi connectivity index (χ0) is 14.3. The summed E-state index contributed by atoms with van der Waals surface area (Å²) in [4.78, 5) is 4.66. The Hall–Kier alpha value is -2.00. The molecule has 0 spiro atoms. The van der Waals surface area contributed by atoms with Gasteiger partial charge >= 0.3 is 0 Å². The topological polar surface area (TPSA) is 31.4 Å². The molecule has 0 aliphatic carbocycles. The molecule has 3 nitrogen and oxygen atoms in total. The molecule has 0 saturated heterocycles. The number of halogens is 1. The van der Waals surface area contributed by atoms with Crippen LogP contribution in [0.4, 0.5) is 0 Å². The van der Waals surface area contributed by atoms with E-state index in [1.165, 1.54) is 0 Å². The summed E-state index contributed by atoms with van der Waals surface area (Å²) < 4.78 is 10.6. The van der Waals surface area contributed by atoms with Crippen LogP contribution < -0.4 is 9.47 Å². The molecule has 3 aromatic rings. The number of rotatable bonds is 2. The minimum atomic E-state index is 0.648. The molecule has 1 heterocycles. The third-order valence-corrected chi connectivity index (χ3v) is 3.78. The summed E-state index contributed by atoms with van der Waals surface area (Å²) in [5.41, 5.74) is 2.83. The van der Waals surface area contributed by atoms with Crippen LogP contribution in [-0.4, -0.2) is 19.2 Å². The van der Waals surface area contributed by atoms with E-state index in [1.54, 1.807) is 14.2 Å². The molecule has 0 atom stereocenters. The van der Waals surface area contributed by atoms with Crippen LogP contribution in [0.25, 0.3) is 21.8 Å². The molecular formula is C16H14ClNO2. The highest BCUT2D eigenvalue weighted by atomic mass is 35.5. The number of methoxy groups -OCH3 is 2. The van der Waals surface area contributed by atoms with Gasteiger partial charge in [-0.05, 0) is 24.6 Å². The van der Waals surface area contributed by atoms with E-state index in [4.69, 9.17) is 21.1 Å². The molecule has 0 saturated carbocycles. The first kappa shape index (κ1) is 13.0. The molecule has 0 aliphatic heterocycles. The molecule has 0 bridgehead atoms. The van der Waals surface area contributed by atoms with Crippen molar-refractivity contribution in [2.75, 3.05) is 14.2 Å². The van der Waals surface area contributed by atoms with Crippen molar-refractivity contribution >= 4 is 33.4 Å². The Labute approximate surface area is 122 Å². The fourth-order valence-electron chi connectivity index (χ4n) is 2.33. The fourth-order valence-corrected chi connectivity index (χ4v) is 2.64. The first-order chi connectivity index (χ1) is 9.63. The standard InChI is InChI=1S/C16H14ClNO2/c1-9-4-5-10-12(6-9)18-13-8-15(20-3)14(19-2)7-11(13)16(10)17/h4-8H,1-3H3. The Bertz CT molecular complexity index is 815. The number of hydrogen-bond acceptors (Lipinski definition) is 3. The second-order valence-electron chi connectivity index (χ2n) is 4.67. The summed E-state index contributed by atoms with van der Waals surface area (Å²) in [6.07, 6.45) is 0. The largest absolute Gasteiger partial charge is 0.493 e. The number of ether oxygens (including phenoxy) is 2. The predicted molar refractivity (Wildman–Crippen MR) is 82.1 cm³/mol. The van der Waals surface area contributed by atoms with Crippen LogP contribution >= 0.6 is 11.6 Å². The second-order valence-corrected chi connectivity index (χ2v) is 5.05. The molecule has 102 valence electrons. The maximum atomic E-state index is 6.51. The molecule has 2 aromatic carbocycles. The van der Waals surface area contributed by atoms with Crippen LogP contribution in [0.5, 0.6) is 11.5 Å². The van der Waals surface area contributed by atoms with Gasteiger partial charge in [0.2, 0.25) is 0 Å². The third kappa shape index (κ3) is 1.95.